The van der Waals surface area contributed by atoms with Crippen LogP contribution in [0.4, 0.5) is 5.69 Å². The van der Waals surface area contributed by atoms with E-state index in [1.165, 1.54) is 18.5 Å². The molecule has 2 N–H and O–H groups in total. The van der Waals surface area contributed by atoms with Crippen LogP contribution in [0.5, 0.6) is 0 Å². The van der Waals surface area contributed by atoms with Crippen LogP contribution >= 0.6 is 15.9 Å². The van der Waals surface area contributed by atoms with Gasteiger partial charge in [-0.05, 0) is 56.9 Å². The van der Waals surface area contributed by atoms with Crippen LogP contribution in [0.3, 0.4) is 0 Å². The third kappa shape index (κ3) is 3.23. The first-order chi connectivity index (χ1) is 7.97. The maximum absolute atomic E-state index is 6.19. The molecule has 0 radical (unpaired) electrons. The highest BCUT2D eigenvalue weighted by molar-refractivity contribution is 9.10. The number of anilines is 1. The number of piperidine rings is 1. The van der Waals surface area contributed by atoms with Crippen molar-refractivity contribution in [1.29, 1.82) is 0 Å². The molecule has 0 atom stereocenters. The number of hydrogen-bond donors (Lipinski definition) is 1. The summed E-state index contributed by atoms with van der Waals surface area (Å²) >= 11 is 3.47. The van der Waals surface area contributed by atoms with E-state index in [0.717, 1.165) is 17.6 Å². The Kier molecular flexibility index (Phi) is 3.79. The fourth-order valence-corrected chi connectivity index (χ4v) is 2.80. The maximum Gasteiger partial charge on any atom is 0.0366 e. The number of rotatable bonds is 2. The highest BCUT2D eigenvalue weighted by atomic mass is 79.9. The Hall–Kier alpha value is -0.540. The van der Waals surface area contributed by atoms with Crippen LogP contribution < -0.4 is 10.6 Å². The van der Waals surface area contributed by atoms with Gasteiger partial charge in [-0.2, -0.15) is 0 Å². The molecule has 1 aromatic rings. The quantitative estimate of drug-likeness (QED) is 0.906. The molecule has 1 heterocycles. The van der Waals surface area contributed by atoms with E-state index in [1.807, 2.05) is 0 Å². The highest BCUT2D eigenvalue weighted by Crippen LogP contribution is 2.29. The smallest absolute Gasteiger partial charge is 0.0366 e. The number of nitrogens with zero attached hydrogens (tertiary/aromatic N) is 1. The minimum atomic E-state index is -0.0359. The molecule has 2 rings (SSSR count). The summed E-state index contributed by atoms with van der Waals surface area (Å²) in [4.78, 5) is 2.45. The Bertz CT molecular complexity index is 359. The number of nitrogens with two attached hydrogens (primary N) is 1. The van der Waals surface area contributed by atoms with Crippen molar-refractivity contribution in [3.8, 4) is 0 Å². The molecule has 1 saturated heterocycles. The van der Waals surface area contributed by atoms with Gasteiger partial charge in [0, 0.05) is 28.8 Å². The standard InChI is InChI=1S/C14H21BrN2/c1-14(2,16)11-7-9-17(10-8-11)13-5-3-12(15)4-6-13/h3-6,11H,7-10,16H2,1-2H3. The van der Waals surface area contributed by atoms with E-state index in [1.54, 1.807) is 0 Å². The van der Waals surface area contributed by atoms with Crippen molar-refractivity contribution in [3.05, 3.63) is 28.7 Å². The van der Waals surface area contributed by atoms with Crippen molar-refractivity contribution in [2.75, 3.05) is 18.0 Å². The Labute approximate surface area is 112 Å². The molecule has 1 aliphatic heterocycles. The summed E-state index contributed by atoms with van der Waals surface area (Å²) in [5.74, 6) is 0.647. The van der Waals surface area contributed by atoms with E-state index in [4.69, 9.17) is 5.73 Å². The van der Waals surface area contributed by atoms with Gasteiger partial charge in [-0.15, -0.1) is 0 Å². The molecule has 2 nitrogen and oxygen atoms in total. The van der Waals surface area contributed by atoms with E-state index in [-0.39, 0.29) is 5.54 Å². The molecule has 0 spiro atoms. The van der Waals surface area contributed by atoms with Gasteiger partial charge >= 0.3 is 0 Å². The molecule has 0 saturated carbocycles. The summed E-state index contributed by atoms with van der Waals surface area (Å²) in [6.07, 6.45) is 2.39. The van der Waals surface area contributed by atoms with Crippen LogP contribution in [-0.2, 0) is 0 Å². The lowest BCUT2D eigenvalue weighted by Crippen LogP contribution is -2.47. The summed E-state index contributed by atoms with van der Waals surface area (Å²) in [5.41, 5.74) is 7.47. The predicted octanol–water partition coefficient (Wildman–Crippen LogP) is 3.40. The summed E-state index contributed by atoms with van der Waals surface area (Å²) in [5, 5.41) is 0. The van der Waals surface area contributed by atoms with Crippen molar-refractivity contribution in [1.82, 2.24) is 0 Å². The Morgan fingerprint density at radius 2 is 1.71 bits per heavy atom. The van der Waals surface area contributed by atoms with Crippen LogP contribution in [0, 0.1) is 5.92 Å². The van der Waals surface area contributed by atoms with Crippen LogP contribution in [-0.4, -0.2) is 18.6 Å². The fourth-order valence-electron chi connectivity index (χ4n) is 2.53. The summed E-state index contributed by atoms with van der Waals surface area (Å²) in [7, 11) is 0. The first kappa shape index (κ1) is 12.9. The Morgan fingerprint density at radius 3 is 2.18 bits per heavy atom. The van der Waals surface area contributed by atoms with E-state index < -0.39 is 0 Å². The summed E-state index contributed by atoms with van der Waals surface area (Å²) < 4.78 is 1.14. The molecule has 17 heavy (non-hydrogen) atoms. The second-order valence-corrected chi connectivity index (χ2v) is 6.47. The lowest BCUT2D eigenvalue weighted by atomic mass is 9.81. The molecule has 1 fully saturated rings. The van der Waals surface area contributed by atoms with Crippen molar-refractivity contribution in [2.24, 2.45) is 11.7 Å². The second-order valence-electron chi connectivity index (χ2n) is 5.56. The van der Waals surface area contributed by atoms with Gasteiger partial charge in [0.1, 0.15) is 0 Å². The molecule has 0 amide bonds. The predicted molar refractivity (Wildman–Crippen MR) is 77.3 cm³/mol. The van der Waals surface area contributed by atoms with E-state index in [0.29, 0.717) is 5.92 Å². The van der Waals surface area contributed by atoms with Gasteiger partial charge < -0.3 is 10.6 Å². The summed E-state index contributed by atoms with van der Waals surface area (Å²) in [6, 6.07) is 8.57. The second kappa shape index (κ2) is 4.99. The van der Waals surface area contributed by atoms with Crippen molar-refractivity contribution in [3.63, 3.8) is 0 Å². The third-order valence-electron chi connectivity index (χ3n) is 3.74. The number of halogens is 1. The largest absolute Gasteiger partial charge is 0.372 e. The number of benzene rings is 1. The highest BCUT2D eigenvalue weighted by Gasteiger charge is 2.29. The topological polar surface area (TPSA) is 29.3 Å². The zero-order chi connectivity index (χ0) is 12.5. The minimum Gasteiger partial charge on any atom is -0.372 e. The normalized spacial score (nSPS) is 18.5. The summed E-state index contributed by atoms with van der Waals surface area (Å²) in [6.45, 7) is 6.53. The van der Waals surface area contributed by atoms with Gasteiger partial charge in [0.05, 0.1) is 0 Å². The van der Waals surface area contributed by atoms with E-state index in [9.17, 15) is 0 Å². The Balaban J connectivity index is 1.97. The van der Waals surface area contributed by atoms with Gasteiger partial charge in [0.25, 0.3) is 0 Å². The van der Waals surface area contributed by atoms with Crippen LogP contribution in [0.25, 0.3) is 0 Å². The van der Waals surface area contributed by atoms with Gasteiger partial charge in [0.15, 0.2) is 0 Å². The maximum atomic E-state index is 6.19. The lowest BCUT2D eigenvalue weighted by Gasteiger charge is -2.39. The fraction of sp³-hybridized carbons (Fsp3) is 0.571. The molecular formula is C14H21BrN2. The molecule has 94 valence electrons. The SMILES string of the molecule is CC(C)(N)C1CCN(c2ccc(Br)cc2)CC1. The molecule has 3 heteroatoms. The van der Waals surface area contributed by atoms with Gasteiger partial charge in [-0.3, -0.25) is 0 Å². The Morgan fingerprint density at radius 1 is 1.18 bits per heavy atom. The zero-order valence-corrected chi connectivity index (χ0v) is 12.2. The van der Waals surface area contributed by atoms with Gasteiger partial charge in [-0.25, -0.2) is 0 Å². The molecule has 0 bridgehead atoms. The van der Waals surface area contributed by atoms with E-state index in [2.05, 4.69) is 58.9 Å². The molecule has 0 aromatic heterocycles. The zero-order valence-electron chi connectivity index (χ0n) is 10.6. The van der Waals surface area contributed by atoms with Crippen LogP contribution in [0.1, 0.15) is 26.7 Å². The van der Waals surface area contributed by atoms with Crippen molar-refractivity contribution >= 4 is 21.6 Å². The van der Waals surface area contributed by atoms with Gasteiger partial charge in [-0.1, -0.05) is 15.9 Å². The monoisotopic (exact) mass is 296 g/mol. The third-order valence-corrected chi connectivity index (χ3v) is 4.27. The van der Waals surface area contributed by atoms with Crippen LogP contribution in [0.2, 0.25) is 0 Å². The minimum absolute atomic E-state index is 0.0359. The van der Waals surface area contributed by atoms with Crippen molar-refractivity contribution < 1.29 is 0 Å². The average molecular weight is 297 g/mol. The molecular weight excluding hydrogens is 276 g/mol. The molecule has 1 aliphatic rings. The number of hydrogen-bond acceptors (Lipinski definition) is 2. The molecule has 1 aromatic carbocycles. The van der Waals surface area contributed by atoms with Crippen LogP contribution in [0.15, 0.2) is 28.7 Å². The van der Waals surface area contributed by atoms with Crippen molar-refractivity contribution in [2.45, 2.75) is 32.2 Å². The first-order valence-corrected chi connectivity index (χ1v) is 7.05. The molecule has 0 aliphatic carbocycles. The molecule has 0 unspecified atom stereocenters. The lowest BCUT2D eigenvalue weighted by molar-refractivity contribution is 0.265. The first-order valence-electron chi connectivity index (χ1n) is 6.26. The van der Waals surface area contributed by atoms with E-state index >= 15 is 0 Å². The average Bonchev–Trinajstić information content (AvgIpc) is 2.29. The van der Waals surface area contributed by atoms with Gasteiger partial charge in [0.2, 0.25) is 0 Å².